The largest absolute Gasteiger partial charge is 0.456 e. The predicted molar refractivity (Wildman–Crippen MR) is 531 cm³/mol. The molecule has 0 saturated heterocycles. The van der Waals surface area contributed by atoms with Gasteiger partial charge in [-0.25, -0.2) is 29.9 Å². The lowest BCUT2D eigenvalue weighted by molar-refractivity contribution is 0.669. The van der Waals surface area contributed by atoms with Crippen molar-refractivity contribution in [3.05, 3.63) is 469 Å². The van der Waals surface area contributed by atoms with Crippen molar-refractivity contribution < 1.29 is 8.83 Å². The van der Waals surface area contributed by atoms with E-state index >= 15 is 0 Å². The molecule has 10 heteroatoms. The molecule has 0 fully saturated rings. The molecule has 28 rings (SSSR count). The standard InChI is InChI=1S/2C60H35N3OS/c1-3-16-36(17-4-1)56-44-31-32-49-58(65-54-29-14-12-27-48(54)60(49)46-25-10-7-20-39(46)40-21-8-11-26-47(40)60)55(44)45-34-38(30-33-50(45)61-56)51-35-52(63-59(62-51)37-18-5-2-6-19-37)43-24-15-23-42-41-22-9-13-28-53(41)64-57(42)43;1-3-16-36(17-4-1)57-43-31-32-48-58(65-54-29-14-12-26-47(54)60(48)45-24-10-7-20-39(45)40-21-8-11-25-46(40)60)56(43)44-34-38(30-33-49(44)61-57)50-35-51(63-59(62-50)37-18-5-2-6-19-37)41-23-15-28-53-55(41)42-22-9-13-27-52(42)64-53/h2*1-35H. The molecule has 604 valence electrons. The van der Waals surface area contributed by atoms with Crippen LogP contribution in [0.15, 0.2) is 453 Å². The van der Waals surface area contributed by atoms with Crippen molar-refractivity contribution in [3.8, 4) is 113 Å². The van der Waals surface area contributed by atoms with E-state index in [-0.39, 0.29) is 0 Å². The van der Waals surface area contributed by atoms with Gasteiger partial charge in [-0.1, -0.05) is 375 Å². The van der Waals surface area contributed by atoms with E-state index in [1.807, 2.05) is 90.3 Å². The van der Waals surface area contributed by atoms with Gasteiger partial charge in [-0.05, 0) is 140 Å². The molecule has 0 atom stereocenters. The van der Waals surface area contributed by atoms with Crippen LogP contribution in [0.5, 0.6) is 0 Å². The highest BCUT2D eigenvalue weighted by molar-refractivity contribution is 8.00. The van der Waals surface area contributed by atoms with Gasteiger partial charge in [-0.15, -0.1) is 0 Å². The molecule has 2 spiro atoms. The summed E-state index contributed by atoms with van der Waals surface area (Å²) in [6, 6.07) is 152. The van der Waals surface area contributed by atoms with Gasteiger partial charge >= 0.3 is 0 Å². The minimum absolute atomic E-state index is 0.511. The zero-order chi connectivity index (χ0) is 85.3. The summed E-state index contributed by atoms with van der Waals surface area (Å²) >= 11 is 3.76. The third kappa shape index (κ3) is 11.1. The van der Waals surface area contributed by atoms with E-state index in [1.54, 1.807) is 0 Å². The smallest absolute Gasteiger partial charge is 0.160 e. The fraction of sp³-hybridized carbons (Fsp3) is 0.0167. The Morgan fingerprint density at radius 2 is 0.562 bits per heavy atom. The molecule has 4 aliphatic rings. The minimum Gasteiger partial charge on any atom is -0.456 e. The molecule has 0 N–H and O–H groups in total. The van der Waals surface area contributed by atoms with Crippen molar-refractivity contribution in [3.63, 3.8) is 0 Å². The first-order chi connectivity index (χ1) is 64.4. The normalized spacial score (nSPS) is 13.3. The quantitative estimate of drug-likeness (QED) is 0.137. The number of rotatable bonds is 8. The van der Waals surface area contributed by atoms with E-state index in [4.69, 9.17) is 38.7 Å². The van der Waals surface area contributed by atoms with Crippen LogP contribution in [0.1, 0.15) is 44.5 Å². The number of para-hydroxylation sites is 3. The maximum Gasteiger partial charge on any atom is 0.160 e. The molecule has 0 radical (unpaired) electrons. The average Bonchev–Trinajstić information content (AvgIpc) is 1.49. The number of benzene rings is 18. The molecule has 130 heavy (non-hydrogen) atoms. The number of nitrogens with zero attached hydrogens (tertiary/aromatic N) is 6. The second kappa shape index (κ2) is 29.2. The summed E-state index contributed by atoms with van der Waals surface area (Å²) in [6.07, 6.45) is 0. The Bertz CT molecular complexity index is 8800. The van der Waals surface area contributed by atoms with E-state index in [1.165, 1.54) is 97.1 Å². The molecular formula is C120H70N6O2S2. The SMILES string of the molecule is c1ccc(-c2nc(-c3ccc4nc(-c5ccccc5)c5ccc6c(c5c4c3)Sc3ccccc3C63c4ccccc4-c4ccccc43)cc(-c3cccc4c3oc3ccccc34)n2)cc1.c1ccc(-c2nc(-c3ccc4nc(-c5ccccc5)c5ccc6c(c5c4c3)Sc3ccccc3C63c4ccccc4-c4ccccc43)cc(-c3cccc4oc5ccccc5c34)n2)cc1. The van der Waals surface area contributed by atoms with Gasteiger partial charge in [0.25, 0.3) is 0 Å². The third-order valence-electron chi connectivity index (χ3n) is 27.1. The molecular weight excluding hydrogens is 1620 g/mol. The van der Waals surface area contributed by atoms with Crippen LogP contribution in [-0.2, 0) is 10.8 Å². The molecule has 0 saturated carbocycles. The van der Waals surface area contributed by atoms with E-state index in [0.29, 0.717) is 11.6 Å². The van der Waals surface area contributed by atoms with Gasteiger partial charge in [0.2, 0.25) is 0 Å². The van der Waals surface area contributed by atoms with Crippen LogP contribution in [-0.4, -0.2) is 29.9 Å². The van der Waals surface area contributed by atoms with Gasteiger partial charge in [0.1, 0.15) is 22.3 Å². The highest BCUT2D eigenvalue weighted by atomic mass is 32.2. The summed E-state index contributed by atoms with van der Waals surface area (Å²) in [5.74, 6) is 1.31. The van der Waals surface area contributed by atoms with Crippen molar-refractivity contribution in [1.29, 1.82) is 0 Å². The number of fused-ring (bicyclic) bond motifs is 32. The first kappa shape index (κ1) is 74.1. The highest BCUT2D eigenvalue weighted by Crippen LogP contribution is 2.66. The van der Waals surface area contributed by atoms with Gasteiger partial charge in [-0.3, -0.25) is 0 Å². The van der Waals surface area contributed by atoms with E-state index in [9.17, 15) is 0 Å². The molecule has 0 amide bonds. The molecule has 8 heterocycles. The first-order valence-corrected chi connectivity index (χ1v) is 45.7. The highest BCUT2D eigenvalue weighted by Gasteiger charge is 2.53. The van der Waals surface area contributed by atoms with Crippen molar-refractivity contribution in [2.45, 2.75) is 30.4 Å². The zero-order valence-corrected chi connectivity index (χ0v) is 71.4. The zero-order valence-electron chi connectivity index (χ0n) is 69.7. The van der Waals surface area contributed by atoms with E-state index in [2.05, 4.69) is 358 Å². The second-order valence-electron chi connectivity index (χ2n) is 33.9. The number of furan rings is 2. The molecule has 18 aromatic carbocycles. The van der Waals surface area contributed by atoms with Crippen LogP contribution in [0.4, 0.5) is 0 Å². The van der Waals surface area contributed by atoms with Crippen LogP contribution < -0.4 is 0 Å². The Kier molecular flexibility index (Phi) is 16.6. The van der Waals surface area contributed by atoms with Crippen molar-refractivity contribution in [2.24, 2.45) is 0 Å². The lowest BCUT2D eigenvalue weighted by Crippen LogP contribution is -2.32. The van der Waals surface area contributed by atoms with Crippen LogP contribution in [0.3, 0.4) is 0 Å². The summed E-state index contributed by atoms with van der Waals surface area (Å²) in [5, 5.41) is 11.0. The lowest BCUT2D eigenvalue weighted by Gasteiger charge is -2.40. The second-order valence-corrected chi connectivity index (χ2v) is 36.0. The van der Waals surface area contributed by atoms with Crippen LogP contribution >= 0.6 is 23.5 Å². The van der Waals surface area contributed by atoms with Gasteiger partial charge in [0.15, 0.2) is 11.6 Å². The molecule has 8 nitrogen and oxygen atoms in total. The molecule has 24 aromatic rings. The van der Waals surface area contributed by atoms with Crippen molar-refractivity contribution >= 4 is 111 Å². The summed E-state index contributed by atoms with van der Waals surface area (Å²) in [6.45, 7) is 0. The molecule has 0 unspecified atom stereocenters. The maximum absolute atomic E-state index is 6.57. The van der Waals surface area contributed by atoms with Crippen molar-refractivity contribution in [2.75, 3.05) is 0 Å². The Morgan fingerprint density at radius 3 is 1.05 bits per heavy atom. The summed E-state index contributed by atoms with van der Waals surface area (Å²) < 4.78 is 12.9. The Balaban J connectivity index is 0.000000134. The van der Waals surface area contributed by atoms with Crippen LogP contribution in [0.25, 0.3) is 200 Å². The summed E-state index contributed by atoms with van der Waals surface area (Å²) in [4.78, 5) is 37.2. The molecule has 6 aromatic heterocycles. The number of hydrogen-bond acceptors (Lipinski definition) is 10. The van der Waals surface area contributed by atoms with Gasteiger partial charge < -0.3 is 8.83 Å². The first-order valence-electron chi connectivity index (χ1n) is 44.0. The Hall–Kier alpha value is -16.2. The van der Waals surface area contributed by atoms with Crippen molar-refractivity contribution in [1.82, 2.24) is 29.9 Å². The minimum atomic E-state index is -0.511. The number of aromatic nitrogens is 6. The van der Waals surface area contributed by atoms with Crippen LogP contribution in [0.2, 0.25) is 0 Å². The van der Waals surface area contributed by atoms with E-state index in [0.717, 1.165) is 155 Å². The fourth-order valence-electron chi connectivity index (χ4n) is 21.6. The maximum atomic E-state index is 6.57. The number of pyridine rings is 2. The van der Waals surface area contributed by atoms with E-state index < -0.39 is 10.8 Å². The van der Waals surface area contributed by atoms with Gasteiger partial charge in [-0.2, -0.15) is 0 Å². The lowest BCUT2D eigenvalue weighted by atomic mass is 9.67. The monoisotopic (exact) mass is 1690 g/mol. The molecule has 2 aliphatic heterocycles. The average molecular weight is 1690 g/mol. The predicted octanol–water partition coefficient (Wildman–Crippen LogP) is 31.1. The number of hydrogen-bond donors (Lipinski definition) is 0. The molecule has 0 bridgehead atoms. The van der Waals surface area contributed by atoms with Crippen LogP contribution in [0, 0.1) is 0 Å². The molecule has 2 aliphatic carbocycles. The topological polar surface area (TPSA) is 104 Å². The third-order valence-corrected chi connectivity index (χ3v) is 29.5. The summed E-state index contributed by atoms with van der Waals surface area (Å²) in [7, 11) is 0. The van der Waals surface area contributed by atoms with Gasteiger partial charge in [0.05, 0.1) is 56.0 Å². The Morgan fingerprint density at radius 1 is 0.200 bits per heavy atom. The summed E-state index contributed by atoms with van der Waals surface area (Å²) in [5.41, 5.74) is 33.0. The fourth-order valence-corrected chi connectivity index (χ4v) is 24.3. The Labute approximate surface area is 756 Å². The van der Waals surface area contributed by atoms with Gasteiger partial charge in [0, 0.05) is 118 Å².